The van der Waals surface area contributed by atoms with Crippen molar-refractivity contribution >= 4 is 11.7 Å². The SMILES string of the molecule is COCCNC(=O)c1cnc(NCCCc2ccccc2)cn1. The second-order valence-corrected chi connectivity index (χ2v) is 5.05. The van der Waals surface area contributed by atoms with Crippen molar-refractivity contribution in [2.75, 3.05) is 32.1 Å². The molecule has 0 radical (unpaired) electrons. The maximum Gasteiger partial charge on any atom is 0.271 e. The Bertz CT molecular complexity index is 587. The smallest absolute Gasteiger partial charge is 0.271 e. The lowest BCUT2D eigenvalue weighted by molar-refractivity contribution is 0.0932. The molecule has 0 aliphatic rings. The number of ether oxygens (including phenoxy) is 1. The van der Waals surface area contributed by atoms with E-state index < -0.39 is 0 Å². The highest BCUT2D eigenvalue weighted by atomic mass is 16.5. The normalized spacial score (nSPS) is 10.3. The molecule has 0 aliphatic heterocycles. The third-order valence-electron chi connectivity index (χ3n) is 3.27. The van der Waals surface area contributed by atoms with Crippen molar-refractivity contribution in [1.82, 2.24) is 15.3 Å². The molecule has 0 atom stereocenters. The summed E-state index contributed by atoms with van der Waals surface area (Å²) < 4.78 is 4.87. The van der Waals surface area contributed by atoms with Gasteiger partial charge < -0.3 is 15.4 Å². The predicted octanol–water partition coefficient (Wildman–Crippen LogP) is 1.90. The maximum absolute atomic E-state index is 11.8. The summed E-state index contributed by atoms with van der Waals surface area (Å²) in [5.41, 5.74) is 1.62. The van der Waals surface area contributed by atoms with Gasteiger partial charge in [-0.05, 0) is 18.4 Å². The van der Waals surface area contributed by atoms with Crippen molar-refractivity contribution in [3.63, 3.8) is 0 Å². The number of carbonyl (C=O) groups is 1. The van der Waals surface area contributed by atoms with Crippen LogP contribution >= 0.6 is 0 Å². The lowest BCUT2D eigenvalue weighted by Gasteiger charge is -2.07. The molecule has 1 amide bonds. The lowest BCUT2D eigenvalue weighted by atomic mass is 10.1. The second-order valence-electron chi connectivity index (χ2n) is 5.05. The van der Waals surface area contributed by atoms with Gasteiger partial charge in [-0.2, -0.15) is 0 Å². The highest BCUT2D eigenvalue weighted by Gasteiger charge is 2.06. The van der Waals surface area contributed by atoms with Crippen LogP contribution in [0.15, 0.2) is 42.7 Å². The predicted molar refractivity (Wildman–Crippen MR) is 89.5 cm³/mol. The van der Waals surface area contributed by atoms with E-state index in [1.807, 2.05) is 18.2 Å². The number of amides is 1. The van der Waals surface area contributed by atoms with E-state index in [-0.39, 0.29) is 5.91 Å². The number of nitrogens with one attached hydrogen (secondary N) is 2. The molecule has 0 aliphatic carbocycles. The molecule has 2 rings (SSSR count). The van der Waals surface area contributed by atoms with Crippen LogP contribution in [0.4, 0.5) is 5.82 Å². The minimum atomic E-state index is -0.245. The van der Waals surface area contributed by atoms with E-state index in [9.17, 15) is 4.79 Å². The van der Waals surface area contributed by atoms with Crippen molar-refractivity contribution in [1.29, 1.82) is 0 Å². The Hall–Kier alpha value is -2.47. The molecule has 2 N–H and O–H groups in total. The second kappa shape index (κ2) is 9.53. The van der Waals surface area contributed by atoms with Crippen LogP contribution < -0.4 is 10.6 Å². The number of benzene rings is 1. The third kappa shape index (κ3) is 6.04. The summed E-state index contributed by atoms with van der Waals surface area (Å²) in [5.74, 6) is 0.427. The average molecular weight is 314 g/mol. The highest BCUT2D eigenvalue weighted by molar-refractivity contribution is 5.91. The van der Waals surface area contributed by atoms with Gasteiger partial charge in [-0.3, -0.25) is 4.79 Å². The molecule has 6 heteroatoms. The number of hydrogen-bond acceptors (Lipinski definition) is 5. The molecule has 122 valence electrons. The van der Waals surface area contributed by atoms with Gasteiger partial charge in [0.25, 0.3) is 5.91 Å². The van der Waals surface area contributed by atoms with Gasteiger partial charge in [0.1, 0.15) is 11.5 Å². The average Bonchev–Trinajstić information content (AvgIpc) is 2.60. The fraction of sp³-hybridized carbons (Fsp3) is 0.353. The molecule has 0 bridgehead atoms. The summed E-state index contributed by atoms with van der Waals surface area (Å²) >= 11 is 0. The van der Waals surface area contributed by atoms with Crippen molar-refractivity contribution in [2.45, 2.75) is 12.8 Å². The van der Waals surface area contributed by atoms with Crippen LogP contribution in [-0.2, 0) is 11.2 Å². The Morgan fingerprint density at radius 3 is 2.65 bits per heavy atom. The number of nitrogens with zero attached hydrogens (tertiary/aromatic N) is 2. The number of rotatable bonds is 9. The summed E-state index contributed by atoms with van der Waals surface area (Å²) in [7, 11) is 1.59. The monoisotopic (exact) mass is 314 g/mol. The van der Waals surface area contributed by atoms with E-state index in [4.69, 9.17) is 4.74 Å². The summed E-state index contributed by atoms with van der Waals surface area (Å²) in [5, 5.41) is 5.91. The minimum Gasteiger partial charge on any atom is -0.383 e. The Labute approximate surface area is 136 Å². The molecule has 0 unspecified atom stereocenters. The molecule has 1 aromatic carbocycles. The molecule has 0 saturated heterocycles. The maximum atomic E-state index is 11.8. The van der Waals surface area contributed by atoms with Crippen LogP contribution in [0, 0.1) is 0 Å². The molecular formula is C17H22N4O2. The van der Waals surface area contributed by atoms with Gasteiger partial charge in [0, 0.05) is 20.2 Å². The van der Waals surface area contributed by atoms with Crippen LogP contribution in [0.25, 0.3) is 0 Å². The topological polar surface area (TPSA) is 76.1 Å². The fourth-order valence-corrected chi connectivity index (χ4v) is 2.05. The first-order valence-electron chi connectivity index (χ1n) is 7.66. The van der Waals surface area contributed by atoms with Crippen molar-refractivity contribution in [3.05, 3.63) is 54.0 Å². The van der Waals surface area contributed by atoms with Gasteiger partial charge in [0.2, 0.25) is 0 Å². The Balaban J connectivity index is 1.71. The van der Waals surface area contributed by atoms with Gasteiger partial charge in [-0.15, -0.1) is 0 Å². The summed E-state index contributed by atoms with van der Waals surface area (Å²) in [6, 6.07) is 10.4. The number of carbonyl (C=O) groups excluding carboxylic acids is 1. The lowest BCUT2D eigenvalue weighted by Crippen LogP contribution is -2.27. The first-order valence-corrected chi connectivity index (χ1v) is 7.66. The number of anilines is 1. The summed E-state index contributed by atoms with van der Waals surface area (Å²) in [4.78, 5) is 20.1. The van der Waals surface area contributed by atoms with Crippen molar-refractivity contribution in [2.24, 2.45) is 0 Å². The van der Waals surface area contributed by atoms with Gasteiger partial charge >= 0.3 is 0 Å². The van der Waals surface area contributed by atoms with Gasteiger partial charge in [-0.25, -0.2) is 9.97 Å². The number of hydrogen-bond donors (Lipinski definition) is 2. The molecule has 1 aromatic heterocycles. The zero-order valence-corrected chi connectivity index (χ0v) is 13.3. The van der Waals surface area contributed by atoms with Crippen LogP contribution in [0.1, 0.15) is 22.5 Å². The van der Waals surface area contributed by atoms with E-state index in [0.29, 0.717) is 24.7 Å². The van der Waals surface area contributed by atoms with E-state index in [1.54, 1.807) is 13.3 Å². The van der Waals surface area contributed by atoms with Gasteiger partial charge in [0.15, 0.2) is 0 Å². The van der Waals surface area contributed by atoms with Gasteiger partial charge in [0.05, 0.1) is 19.0 Å². The minimum absolute atomic E-state index is 0.245. The molecular weight excluding hydrogens is 292 g/mol. The Morgan fingerprint density at radius 2 is 1.96 bits per heavy atom. The molecule has 6 nitrogen and oxygen atoms in total. The zero-order chi connectivity index (χ0) is 16.3. The van der Waals surface area contributed by atoms with Crippen molar-refractivity contribution in [3.8, 4) is 0 Å². The summed E-state index contributed by atoms with van der Waals surface area (Å²) in [6.45, 7) is 1.74. The highest BCUT2D eigenvalue weighted by Crippen LogP contribution is 2.04. The van der Waals surface area contributed by atoms with Crippen LogP contribution in [0.2, 0.25) is 0 Å². The van der Waals surface area contributed by atoms with E-state index in [0.717, 1.165) is 19.4 Å². The molecule has 23 heavy (non-hydrogen) atoms. The molecule has 0 saturated carbocycles. The molecule has 2 aromatic rings. The standard InChI is InChI=1S/C17H22N4O2/c1-23-11-10-19-17(22)15-12-21-16(13-20-15)18-9-5-8-14-6-3-2-4-7-14/h2-4,6-7,12-13H,5,8-11H2,1H3,(H,18,21)(H,19,22). The van der Waals surface area contributed by atoms with E-state index in [2.05, 4.69) is 32.7 Å². The zero-order valence-electron chi connectivity index (χ0n) is 13.3. The first kappa shape index (κ1) is 16.9. The van der Waals surface area contributed by atoms with Crippen molar-refractivity contribution < 1.29 is 9.53 Å². The number of methoxy groups -OCH3 is 1. The quantitative estimate of drug-likeness (QED) is 0.691. The number of aryl methyl sites for hydroxylation is 1. The summed E-state index contributed by atoms with van der Waals surface area (Å²) in [6.07, 6.45) is 5.07. The van der Waals surface area contributed by atoms with E-state index in [1.165, 1.54) is 11.8 Å². The number of aromatic nitrogens is 2. The first-order chi connectivity index (χ1) is 11.3. The molecule has 1 heterocycles. The fourth-order valence-electron chi connectivity index (χ4n) is 2.05. The molecule has 0 spiro atoms. The largest absolute Gasteiger partial charge is 0.383 e. The Kier molecular flexibility index (Phi) is 7.00. The van der Waals surface area contributed by atoms with Crippen LogP contribution in [0.5, 0.6) is 0 Å². The van der Waals surface area contributed by atoms with Crippen LogP contribution in [-0.4, -0.2) is 42.7 Å². The van der Waals surface area contributed by atoms with Gasteiger partial charge in [-0.1, -0.05) is 30.3 Å². The van der Waals surface area contributed by atoms with E-state index >= 15 is 0 Å². The molecule has 0 fully saturated rings. The third-order valence-corrected chi connectivity index (χ3v) is 3.27. The Morgan fingerprint density at radius 1 is 1.13 bits per heavy atom. The van der Waals surface area contributed by atoms with Crippen LogP contribution in [0.3, 0.4) is 0 Å².